The molecule has 1 aliphatic heterocycles. The van der Waals surface area contributed by atoms with Crippen molar-refractivity contribution in [2.75, 3.05) is 0 Å². The summed E-state index contributed by atoms with van der Waals surface area (Å²) in [6.45, 7) is 2.87. The Kier molecular flexibility index (Phi) is 5.15. The van der Waals surface area contributed by atoms with E-state index in [2.05, 4.69) is 20.9 Å². The highest BCUT2D eigenvalue weighted by molar-refractivity contribution is 6.06. The molecule has 1 aromatic carbocycles. The van der Waals surface area contributed by atoms with E-state index in [-0.39, 0.29) is 0 Å². The molecule has 0 aromatic heterocycles. The van der Waals surface area contributed by atoms with E-state index in [1.54, 1.807) is 6.92 Å². The third-order valence-electron chi connectivity index (χ3n) is 3.56. The van der Waals surface area contributed by atoms with Gasteiger partial charge in [0.1, 0.15) is 0 Å². The molecule has 9 heteroatoms. The van der Waals surface area contributed by atoms with Crippen molar-refractivity contribution >= 4 is 18.0 Å². The Bertz CT molecular complexity index is 713. The fraction of sp³-hybridized carbons (Fsp3) is 0.312. The summed E-state index contributed by atoms with van der Waals surface area (Å²) in [6.07, 6.45) is -0.372. The molecule has 0 aliphatic carbocycles. The molecule has 2 amide bonds. The van der Waals surface area contributed by atoms with Crippen LogP contribution in [-0.4, -0.2) is 23.7 Å². The molecule has 1 unspecified atom stereocenters. The predicted molar refractivity (Wildman–Crippen MR) is 85.3 cm³/mol. The largest absolute Gasteiger partial charge is 0.416 e. The van der Waals surface area contributed by atoms with Crippen molar-refractivity contribution in [3.8, 4) is 0 Å². The molecule has 0 spiro atoms. The molecule has 3 N–H and O–H groups in total. The number of hydrogen-bond donors (Lipinski definition) is 3. The Morgan fingerprint density at radius 2 is 1.88 bits per heavy atom. The minimum absolute atomic E-state index is 0.452. The fourth-order valence-corrected chi connectivity index (χ4v) is 2.29. The molecule has 1 aromatic rings. The number of amides is 2. The predicted octanol–water partition coefficient (Wildman–Crippen LogP) is 1.86. The van der Waals surface area contributed by atoms with Gasteiger partial charge in [0.15, 0.2) is 0 Å². The van der Waals surface area contributed by atoms with E-state index < -0.39 is 35.3 Å². The molecule has 1 heterocycles. The van der Waals surface area contributed by atoms with Crippen molar-refractivity contribution in [2.24, 2.45) is 4.99 Å². The van der Waals surface area contributed by atoms with Gasteiger partial charge in [-0.15, -0.1) is 0 Å². The number of nitrogens with zero attached hydrogens (tertiary/aromatic N) is 1. The van der Waals surface area contributed by atoms with Crippen molar-refractivity contribution < 1.29 is 22.8 Å². The number of alkyl halides is 3. The van der Waals surface area contributed by atoms with Gasteiger partial charge in [0.2, 0.25) is 11.6 Å². The van der Waals surface area contributed by atoms with Gasteiger partial charge in [-0.2, -0.15) is 13.2 Å². The second-order valence-electron chi connectivity index (χ2n) is 5.54. The molecule has 6 nitrogen and oxygen atoms in total. The summed E-state index contributed by atoms with van der Waals surface area (Å²) in [5, 5.41) is 7.84. The van der Waals surface area contributed by atoms with Crippen LogP contribution >= 0.6 is 0 Å². The number of nitrogens with one attached hydrogen (secondary N) is 3. The van der Waals surface area contributed by atoms with Gasteiger partial charge in [-0.25, -0.2) is 0 Å². The number of aliphatic imine (C=N–C) groups is 1. The molecule has 0 saturated heterocycles. The van der Waals surface area contributed by atoms with E-state index in [0.717, 1.165) is 12.1 Å². The van der Waals surface area contributed by atoms with Crippen molar-refractivity contribution in [3.05, 3.63) is 47.8 Å². The summed E-state index contributed by atoms with van der Waals surface area (Å²) in [5.74, 6) is -1.05. The average Bonchev–Trinajstić information content (AvgIpc) is 2.54. The lowest BCUT2D eigenvalue weighted by molar-refractivity contribution is -0.137. The first-order chi connectivity index (χ1) is 11.6. The topological polar surface area (TPSA) is 82.6 Å². The lowest BCUT2D eigenvalue weighted by Crippen LogP contribution is -2.67. The maximum absolute atomic E-state index is 12.6. The van der Waals surface area contributed by atoms with Crippen LogP contribution in [0, 0.1) is 0 Å². The first-order valence-electron chi connectivity index (χ1n) is 7.38. The summed E-state index contributed by atoms with van der Waals surface area (Å²) >= 11 is 0. The minimum Gasteiger partial charge on any atom is -0.355 e. The number of benzene rings is 1. The van der Waals surface area contributed by atoms with Crippen LogP contribution in [0.15, 0.2) is 41.7 Å². The average molecular weight is 354 g/mol. The van der Waals surface area contributed by atoms with Crippen molar-refractivity contribution in [1.29, 1.82) is 0 Å². The Morgan fingerprint density at radius 3 is 2.36 bits per heavy atom. The SMILES string of the molecule is CC(=O)N[C@@]1(C(=O)NC(C)c2ccc(C(F)(F)F)cc2)C=NC=CN1. The van der Waals surface area contributed by atoms with Gasteiger partial charge in [-0.1, -0.05) is 12.1 Å². The number of hydrogen-bond acceptors (Lipinski definition) is 4. The number of carbonyl (C=O) groups is 2. The summed E-state index contributed by atoms with van der Waals surface area (Å²) in [7, 11) is 0. The molecule has 0 radical (unpaired) electrons. The lowest BCUT2D eigenvalue weighted by Gasteiger charge is -2.32. The Labute approximate surface area is 142 Å². The van der Waals surface area contributed by atoms with Gasteiger partial charge in [0.05, 0.1) is 17.8 Å². The van der Waals surface area contributed by atoms with Gasteiger partial charge < -0.3 is 16.0 Å². The van der Waals surface area contributed by atoms with E-state index in [1.807, 2.05) is 0 Å². The second-order valence-corrected chi connectivity index (χ2v) is 5.54. The van der Waals surface area contributed by atoms with Crippen LogP contribution in [0.3, 0.4) is 0 Å². The Balaban J connectivity index is 2.14. The highest BCUT2D eigenvalue weighted by atomic mass is 19.4. The normalized spacial score (nSPS) is 20.5. The summed E-state index contributed by atoms with van der Waals surface area (Å²) in [4.78, 5) is 27.8. The van der Waals surface area contributed by atoms with Gasteiger partial charge in [0.25, 0.3) is 5.91 Å². The van der Waals surface area contributed by atoms with E-state index in [0.29, 0.717) is 5.56 Å². The number of halogens is 3. The molecule has 1 aliphatic rings. The molecule has 2 atom stereocenters. The van der Waals surface area contributed by atoms with Crippen LogP contribution in [-0.2, 0) is 15.8 Å². The first kappa shape index (κ1) is 18.5. The van der Waals surface area contributed by atoms with Crippen molar-refractivity contribution in [1.82, 2.24) is 16.0 Å². The van der Waals surface area contributed by atoms with Crippen LogP contribution in [0.4, 0.5) is 13.2 Å². The first-order valence-corrected chi connectivity index (χ1v) is 7.38. The van der Waals surface area contributed by atoms with Crippen LogP contribution in [0.2, 0.25) is 0 Å². The summed E-state index contributed by atoms with van der Waals surface area (Å²) in [6, 6.07) is 3.90. The monoisotopic (exact) mass is 354 g/mol. The van der Waals surface area contributed by atoms with Crippen LogP contribution in [0.5, 0.6) is 0 Å². The van der Waals surface area contributed by atoms with Crippen LogP contribution < -0.4 is 16.0 Å². The molecule has 25 heavy (non-hydrogen) atoms. The van der Waals surface area contributed by atoms with Crippen LogP contribution in [0.25, 0.3) is 0 Å². The van der Waals surface area contributed by atoms with Gasteiger partial charge in [0, 0.05) is 19.3 Å². The molecule has 134 valence electrons. The van der Waals surface area contributed by atoms with Crippen LogP contribution in [0.1, 0.15) is 31.0 Å². The maximum atomic E-state index is 12.6. The summed E-state index contributed by atoms with van der Waals surface area (Å²) in [5.41, 5.74) is -1.83. The van der Waals surface area contributed by atoms with E-state index in [1.165, 1.54) is 37.7 Å². The number of rotatable bonds is 4. The molecular formula is C16H17F3N4O2. The molecule has 0 fully saturated rings. The van der Waals surface area contributed by atoms with E-state index in [9.17, 15) is 22.8 Å². The highest BCUT2D eigenvalue weighted by Gasteiger charge is 2.38. The second kappa shape index (κ2) is 6.96. The van der Waals surface area contributed by atoms with Crippen molar-refractivity contribution in [3.63, 3.8) is 0 Å². The zero-order valence-corrected chi connectivity index (χ0v) is 13.5. The Hall–Kier alpha value is -2.84. The molecular weight excluding hydrogens is 337 g/mol. The van der Waals surface area contributed by atoms with Gasteiger partial charge >= 0.3 is 6.18 Å². The number of carbonyl (C=O) groups excluding carboxylic acids is 2. The maximum Gasteiger partial charge on any atom is 0.416 e. The standard InChI is InChI=1S/C16H17F3N4O2/c1-10(12-3-5-13(6-4-12)16(17,18)19)22-14(25)15(23-11(2)24)9-20-7-8-21-15/h3-10,21H,1-2H3,(H,22,25)(H,23,24)/t10?,15-/m1/s1. The van der Waals surface area contributed by atoms with Gasteiger partial charge in [-0.3, -0.25) is 14.6 Å². The molecule has 0 saturated carbocycles. The van der Waals surface area contributed by atoms with Crippen molar-refractivity contribution in [2.45, 2.75) is 31.7 Å². The lowest BCUT2D eigenvalue weighted by atomic mass is 10.0. The Morgan fingerprint density at radius 1 is 1.24 bits per heavy atom. The fourth-order valence-electron chi connectivity index (χ4n) is 2.29. The summed E-state index contributed by atoms with van der Waals surface area (Å²) < 4.78 is 37.8. The zero-order chi connectivity index (χ0) is 18.7. The third-order valence-corrected chi connectivity index (χ3v) is 3.56. The minimum atomic E-state index is -4.42. The molecule has 0 bridgehead atoms. The zero-order valence-electron chi connectivity index (χ0n) is 13.5. The quantitative estimate of drug-likeness (QED) is 0.772. The third kappa shape index (κ3) is 4.37. The van der Waals surface area contributed by atoms with E-state index in [4.69, 9.17) is 0 Å². The smallest absolute Gasteiger partial charge is 0.355 e. The van der Waals surface area contributed by atoms with E-state index >= 15 is 0 Å². The molecule has 2 rings (SSSR count). The highest BCUT2D eigenvalue weighted by Crippen LogP contribution is 2.29. The van der Waals surface area contributed by atoms with Gasteiger partial charge in [-0.05, 0) is 24.6 Å².